The molecule has 0 atom stereocenters. The molecule has 3 rings (SSSR count). The zero-order valence-corrected chi connectivity index (χ0v) is 18.5. The second-order valence-electron chi connectivity index (χ2n) is 5.59. The van der Waals surface area contributed by atoms with Gasteiger partial charge in [-0.25, -0.2) is 0 Å². The fraction of sp³-hybridized carbons (Fsp3) is 0.312. The number of amides is 3. The molecule has 2 fully saturated rings. The molecule has 1 N–H and O–H groups in total. The van der Waals surface area contributed by atoms with Gasteiger partial charge in [0.15, 0.2) is 0 Å². The maximum Gasteiger partial charge on any atom is 0.294 e. The highest BCUT2D eigenvalue weighted by molar-refractivity contribution is 14.1. The van der Waals surface area contributed by atoms with Crippen LogP contribution in [0.3, 0.4) is 0 Å². The van der Waals surface area contributed by atoms with E-state index in [0.717, 1.165) is 16.7 Å². The molecule has 2 heterocycles. The molecule has 0 aromatic heterocycles. The maximum atomic E-state index is 12.5. The van der Waals surface area contributed by atoms with Gasteiger partial charge in [-0.05, 0) is 80.7 Å². The van der Waals surface area contributed by atoms with Crippen LogP contribution < -0.4 is 0 Å². The largest absolute Gasteiger partial charge is 0.506 e. The first-order chi connectivity index (χ1) is 12.4. The number of morpholine rings is 1. The Hall–Kier alpha value is -0.860. The lowest BCUT2D eigenvalue weighted by atomic mass is 10.2. The van der Waals surface area contributed by atoms with Crippen molar-refractivity contribution >= 4 is 80.1 Å². The number of rotatable bonds is 3. The van der Waals surface area contributed by atoms with Crippen LogP contribution >= 0.6 is 56.9 Å². The zero-order chi connectivity index (χ0) is 18.8. The summed E-state index contributed by atoms with van der Waals surface area (Å²) in [6.07, 6.45) is 1.61. The minimum absolute atomic E-state index is 0.188. The molecule has 0 radical (unpaired) electrons. The molecule has 2 aliphatic heterocycles. The van der Waals surface area contributed by atoms with E-state index in [1.807, 2.05) is 45.2 Å². The molecule has 0 saturated carbocycles. The molecule has 0 aliphatic carbocycles. The maximum absolute atomic E-state index is 12.5. The van der Waals surface area contributed by atoms with Crippen molar-refractivity contribution in [2.24, 2.45) is 0 Å². The lowest BCUT2D eigenvalue weighted by molar-refractivity contribution is -0.139. The average molecular weight is 600 g/mol. The first-order valence-electron chi connectivity index (χ1n) is 7.65. The molecule has 1 aromatic carbocycles. The number of nitrogens with zero attached hydrogens (tertiary/aromatic N) is 2. The Kier molecular flexibility index (Phi) is 6.45. The number of imide groups is 1. The van der Waals surface area contributed by atoms with Gasteiger partial charge in [0, 0.05) is 13.1 Å². The van der Waals surface area contributed by atoms with E-state index in [1.165, 1.54) is 0 Å². The first kappa shape index (κ1) is 19.9. The molecule has 7 nitrogen and oxygen atoms in total. The average Bonchev–Trinajstić information content (AvgIpc) is 2.87. The number of thioether (sulfide) groups is 1. The van der Waals surface area contributed by atoms with Crippen LogP contribution in [0.5, 0.6) is 5.75 Å². The second-order valence-corrected chi connectivity index (χ2v) is 8.91. The van der Waals surface area contributed by atoms with Crippen molar-refractivity contribution in [2.45, 2.75) is 0 Å². The van der Waals surface area contributed by atoms with Gasteiger partial charge in [-0.1, -0.05) is 0 Å². The van der Waals surface area contributed by atoms with E-state index in [4.69, 9.17) is 4.74 Å². The van der Waals surface area contributed by atoms with E-state index < -0.39 is 11.1 Å². The normalized spacial score (nSPS) is 19.5. The zero-order valence-electron chi connectivity index (χ0n) is 13.4. The van der Waals surface area contributed by atoms with Gasteiger partial charge in [0.1, 0.15) is 12.3 Å². The van der Waals surface area contributed by atoms with Crippen molar-refractivity contribution in [1.82, 2.24) is 9.80 Å². The minimum atomic E-state index is -0.472. The molecule has 1 aromatic rings. The third-order valence-corrected chi connectivity index (χ3v) is 6.42. The highest BCUT2D eigenvalue weighted by atomic mass is 127. The van der Waals surface area contributed by atoms with Crippen molar-refractivity contribution in [3.05, 3.63) is 29.7 Å². The van der Waals surface area contributed by atoms with E-state index in [-0.39, 0.29) is 23.1 Å². The summed E-state index contributed by atoms with van der Waals surface area (Å²) in [4.78, 5) is 39.9. The third kappa shape index (κ3) is 4.34. The van der Waals surface area contributed by atoms with Gasteiger partial charge >= 0.3 is 0 Å². The lowest BCUT2D eigenvalue weighted by Gasteiger charge is -2.28. The van der Waals surface area contributed by atoms with Gasteiger partial charge < -0.3 is 14.7 Å². The third-order valence-electron chi connectivity index (χ3n) is 3.87. The van der Waals surface area contributed by atoms with E-state index >= 15 is 0 Å². The Labute approximate surface area is 181 Å². The van der Waals surface area contributed by atoms with E-state index in [0.29, 0.717) is 39.0 Å². The van der Waals surface area contributed by atoms with Crippen molar-refractivity contribution in [3.8, 4) is 5.75 Å². The van der Waals surface area contributed by atoms with Gasteiger partial charge in [-0.3, -0.25) is 19.3 Å². The predicted molar refractivity (Wildman–Crippen MR) is 114 cm³/mol. The van der Waals surface area contributed by atoms with Crippen molar-refractivity contribution in [2.75, 3.05) is 32.8 Å². The number of carbonyl (C=O) groups is 3. The van der Waals surface area contributed by atoms with Gasteiger partial charge in [0.25, 0.3) is 11.1 Å². The summed E-state index contributed by atoms with van der Waals surface area (Å²) in [5.41, 5.74) is 0.710. The number of aromatic hydroxyl groups is 1. The molecule has 0 unspecified atom stereocenters. The Balaban J connectivity index is 1.75. The molecule has 0 bridgehead atoms. The highest BCUT2D eigenvalue weighted by Crippen LogP contribution is 2.34. The smallest absolute Gasteiger partial charge is 0.294 e. The molecule has 3 amide bonds. The van der Waals surface area contributed by atoms with Crippen molar-refractivity contribution in [3.63, 3.8) is 0 Å². The quantitative estimate of drug-likeness (QED) is 0.424. The molecule has 2 aliphatic rings. The van der Waals surface area contributed by atoms with Crippen LogP contribution in [0.4, 0.5) is 4.79 Å². The van der Waals surface area contributed by atoms with Crippen LogP contribution in [0.15, 0.2) is 17.0 Å². The Morgan fingerprint density at radius 1 is 1.23 bits per heavy atom. The van der Waals surface area contributed by atoms with Crippen molar-refractivity contribution in [1.29, 1.82) is 0 Å². The number of hydrogen-bond acceptors (Lipinski definition) is 6. The van der Waals surface area contributed by atoms with E-state index in [2.05, 4.69) is 0 Å². The minimum Gasteiger partial charge on any atom is -0.506 e. The number of benzene rings is 1. The molecule has 138 valence electrons. The first-order valence-corrected chi connectivity index (χ1v) is 10.6. The molecular weight excluding hydrogens is 586 g/mol. The molecule has 26 heavy (non-hydrogen) atoms. The summed E-state index contributed by atoms with van der Waals surface area (Å²) in [7, 11) is 0. The number of halogens is 2. The van der Waals surface area contributed by atoms with Crippen LogP contribution in [0, 0.1) is 7.14 Å². The SMILES string of the molecule is O=C(CN1C(=O)S/C(=C/c2cc(I)c(O)c(I)c2)C1=O)N1CCOCC1. The predicted octanol–water partition coefficient (Wildman–Crippen LogP) is 2.50. The van der Waals surface area contributed by atoms with Crippen molar-refractivity contribution < 1.29 is 24.2 Å². The fourth-order valence-electron chi connectivity index (χ4n) is 2.50. The van der Waals surface area contributed by atoms with Crippen LogP contribution in [0.1, 0.15) is 5.56 Å². The molecule has 0 spiro atoms. The van der Waals surface area contributed by atoms with Crippen LogP contribution in [0.25, 0.3) is 6.08 Å². The number of carbonyl (C=O) groups excluding carboxylic acids is 3. The Morgan fingerprint density at radius 3 is 2.46 bits per heavy atom. The molecule has 10 heteroatoms. The topological polar surface area (TPSA) is 87.2 Å². The summed E-state index contributed by atoms with van der Waals surface area (Å²) in [6, 6.07) is 3.45. The monoisotopic (exact) mass is 600 g/mol. The summed E-state index contributed by atoms with van der Waals surface area (Å²) in [5, 5.41) is 9.38. The Bertz CT molecular complexity index is 785. The summed E-state index contributed by atoms with van der Waals surface area (Å²) in [6.45, 7) is 1.61. The molecule has 2 saturated heterocycles. The number of hydrogen-bond donors (Lipinski definition) is 1. The standard InChI is InChI=1S/C16H14I2N2O5S/c17-10-5-9(6-11(18)14(10)22)7-12-15(23)20(16(24)26-12)8-13(21)19-1-3-25-4-2-19/h5-7,22H,1-4,8H2/b12-7+. The van der Waals surface area contributed by atoms with Gasteiger partial charge in [0.05, 0.1) is 25.3 Å². The van der Waals surface area contributed by atoms with Crippen LogP contribution in [-0.4, -0.2) is 64.8 Å². The van der Waals surface area contributed by atoms with E-state index in [9.17, 15) is 19.5 Å². The number of phenols is 1. The van der Waals surface area contributed by atoms with Gasteiger partial charge in [-0.15, -0.1) is 0 Å². The van der Waals surface area contributed by atoms with Gasteiger partial charge in [0.2, 0.25) is 5.91 Å². The van der Waals surface area contributed by atoms with Crippen LogP contribution in [-0.2, 0) is 14.3 Å². The number of ether oxygens (including phenoxy) is 1. The Morgan fingerprint density at radius 2 is 1.85 bits per heavy atom. The van der Waals surface area contributed by atoms with Gasteiger partial charge in [-0.2, -0.15) is 0 Å². The van der Waals surface area contributed by atoms with Crippen LogP contribution in [0.2, 0.25) is 0 Å². The molecular formula is C16H14I2N2O5S. The highest BCUT2D eigenvalue weighted by Gasteiger charge is 2.37. The van der Waals surface area contributed by atoms with E-state index in [1.54, 1.807) is 23.1 Å². The summed E-state index contributed by atoms with van der Waals surface area (Å²) < 4.78 is 6.51. The summed E-state index contributed by atoms with van der Waals surface area (Å²) >= 11 is 4.82. The lowest BCUT2D eigenvalue weighted by Crippen LogP contribution is -2.46. The number of phenolic OH excluding ortho intramolecular Hbond substituents is 1. The summed E-state index contributed by atoms with van der Waals surface area (Å²) in [5.74, 6) is -0.544. The fourth-order valence-corrected chi connectivity index (χ4v) is 5.16. The second kappa shape index (κ2) is 8.44.